The molecule has 0 amide bonds. The summed E-state index contributed by atoms with van der Waals surface area (Å²) in [6.07, 6.45) is 4.49. The summed E-state index contributed by atoms with van der Waals surface area (Å²) >= 11 is 0. The highest BCUT2D eigenvalue weighted by Crippen LogP contribution is 2.73. The quantitative estimate of drug-likeness (QED) is 0.610. The van der Waals surface area contributed by atoms with Crippen LogP contribution in [-0.2, 0) is 11.3 Å². The third kappa shape index (κ3) is 1.82. The molecule has 0 N–H and O–H groups in total. The van der Waals surface area contributed by atoms with E-state index in [1.807, 2.05) is 0 Å². The molecular weight excluding hydrogens is 242 g/mol. The Morgan fingerprint density at radius 3 is 2.47 bits per heavy atom. The monoisotopic (exact) mass is 259 g/mol. The van der Waals surface area contributed by atoms with Gasteiger partial charge in [0, 0.05) is 17.5 Å². The summed E-state index contributed by atoms with van der Waals surface area (Å²) < 4.78 is 5.90. The molecule has 0 unspecified atom stereocenters. The fourth-order valence-corrected chi connectivity index (χ4v) is 3.05. The van der Waals surface area contributed by atoms with Gasteiger partial charge in [-0.05, 0) is 42.0 Å². The van der Waals surface area contributed by atoms with E-state index in [9.17, 15) is 10.1 Å². The third-order valence-electron chi connectivity index (χ3n) is 4.77. The molecule has 1 aromatic carbocycles. The Balaban J connectivity index is 1.63. The third-order valence-corrected chi connectivity index (χ3v) is 4.77. The number of hydrogen-bond donors (Lipinski definition) is 0. The second kappa shape index (κ2) is 3.83. The number of benzene rings is 1. The van der Waals surface area contributed by atoms with Crippen molar-refractivity contribution in [2.45, 2.75) is 33.3 Å². The van der Waals surface area contributed by atoms with Gasteiger partial charge >= 0.3 is 0 Å². The highest BCUT2D eigenvalue weighted by molar-refractivity contribution is 5.34. The van der Waals surface area contributed by atoms with Crippen LogP contribution < -0.4 is 0 Å². The van der Waals surface area contributed by atoms with Crippen LogP contribution in [0.25, 0.3) is 0 Å². The first-order valence-electron chi connectivity index (χ1n) is 6.51. The first-order valence-corrected chi connectivity index (χ1v) is 6.51. The summed E-state index contributed by atoms with van der Waals surface area (Å²) in [6, 6.07) is 6.54. The molecule has 0 spiro atoms. The number of nitro groups is 1. The Morgan fingerprint density at radius 2 is 2.00 bits per heavy atom. The molecule has 0 aromatic heterocycles. The Kier molecular flexibility index (Phi) is 2.46. The van der Waals surface area contributed by atoms with E-state index in [2.05, 4.69) is 19.9 Å². The number of allylic oxidation sites excluding steroid dienone is 2. The Bertz CT molecular complexity index is 563. The van der Waals surface area contributed by atoms with E-state index in [-0.39, 0.29) is 16.0 Å². The number of ether oxygens (including phenoxy) is 1. The van der Waals surface area contributed by atoms with Gasteiger partial charge in [0.1, 0.15) is 6.61 Å². The van der Waals surface area contributed by atoms with Gasteiger partial charge in [-0.1, -0.05) is 13.8 Å². The maximum absolute atomic E-state index is 10.6. The van der Waals surface area contributed by atoms with Crippen LogP contribution in [0.4, 0.5) is 5.69 Å². The molecule has 0 saturated heterocycles. The van der Waals surface area contributed by atoms with Crippen LogP contribution >= 0.6 is 0 Å². The maximum atomic E-state index is 10.6. The summed E-state index contributed by atoms with van der Waals surface area (Å²) in [5.74, 6) is 1.09. The van der Waals surface area contributed by atoms with E-state index >= 15 is 0 Å². The van der Waals surface area contributed by atoms with Gasteiger partial charge in [0.25, 0.3) is 5.69 Å². The van der Waals surface area contributed by atoms with Crippen molar-refractivity contribution in [1.82, 2.24) is 0 Å². The lowest BCUT2D eigenvalue weighted by molar-refractivity contribution is -0.384. The van der Waals surface area contributed by atoms with Gasteiger partial charge in [0.05, 0.1) is 10.7 Å². The largest absolute Gasteiger partial charge is 0.493 e. The Morgan fingerprint density at radius 1 is 1.32 bits per heavy atom. The maximum Gasteiger partial charge on any atom is 0.269 e. The normalized spacial score (nSPS) is 31.6. The standard InChI is InChI=1S/C15H17NO3/c1-14-8-7-13(15(14,2)10-14)19-9-11-3-5-12(6-4-11)16(17)18/h3-7H,8-10H2,1-2H3/t14-,15-/m1/s1. The molecule has 2 aliphatic carbocycles. The van der Waals surface area contributed by atoms with Crippen LogP contribution in [0.1, 0.15) is 32.3 Å². The number of nitrogens with zero attached hydrogens (tertiary/aromatic N) is 1. The van der Waals surface area contributed by atoms with Crippen molar-refractivity contribution in [3.05, 3.63) is 51.8 Å². The van der Waals surface area contributed by atoms with Gasteiger partial charge in [-0.15, -0.1) is 0 Å². The van der Waals surface area contributed by atoms with E-state index in [1.165, 1.54) is 18.6 Å². The first-order chi connectivity index (χ1) is 8.95. The summed E-state index contributed by atoms with van der Waals surface area (Å²) in [5, 5.41) is 10.6. The van der Waals surface area contributed by atoms with Crippen LogP contribution in [0, 0.1) is 20.9 Å². The van der Waals surface area contributed by atoms with Gasteiger partial charge in [-0.2, -0.15) is 0 Å². The average Bonchev–Trinajstić information content (AvgIpc) is 2.84. The molecule has 0 bridgehead atoms. The van der Waals surface area contributed by atoms with Crippen molar-refractivity contribution in [3.63, 3.8) is 0 Å². The van der Waals surface area contributed by atoms with Gasteiger partial charge in [0.15, 0.2) is 0 Å². The molecular formula is C15H17NO3. The smallest absolute Gasteiger partial charge is 0.269 e. The fraction of sp³-hybridized carbons (Fsp3) is 0.467. The zero-order valence-electron chi connectivity index (χ0n) is 11.2. The number of rotatable bonds is 4. The minimum absolute atomic E-state index is 0.116. The van der Waals surface area contributed by atoms with Crippen molar-refractivity contribution in [3.8, 4) is 0 Å². The molecule has 0 radical (unpaired) electrons. The molecule has 2 atom stereocenters. The highest BCUT2D eigenvalue weighted by Gasteiger charge is 2.66. The van der Waals surface area contributed by atoms with Crippen molar-refractivity contribution in [1.29, 1.82) is 0 Å². The zero-order valence-corrected chi connectivity index (χ0v) is 11.2. The van der Waals surface area contributed by atoms with Gasteiger partial charge in [-0.3, -0.25) is 10.1 Å². The summed E-state index contributed by atoms with van der Waals surface area (Å²) in [7, 11) is 0. The van der Waals surface area contributed by atoms with Crippen LogP contribution in [0.3, 0.4) is 0 Å². The molecule has 4 nitrogen and oxygen atoms in total. The van der Waals surface area contributed by atoms with Gasteiger partial charge in [0.2, 0.25) is 0 Å². The predicted molar refractivity (Wildman–Crippen MR) is 71.4 cm³/mol. The molecule has 100 valence electrons. The molecule has 19 heavy (non-hydrogen) atoms. The van der Waals surface area contributed by atoms with Crippen LogP contribution in [0.5, 0.6) is 0 Å². The number of non-ortho nitro benzene ring substituents is 1. The Hall–Kier alpha value is -1.84. The second-order valence-corrected chi connectivity index (χ2v) is 6.05. The van der Waals surface area contributed by atoms with Gasteiger partial charge < -0.3 is 4.74 Å². The number of nitro benzene ring substituents is 1. The molecule has 1 saturated carbocycles. The molecule has 1 fully saturated rings. The fourth-order valence-electron chi connectivity index (χ4n) is 3.05. The molecule has 2 aliphatic rings. The van der Waals surface area contributed by atoms with E-state index < -0.39 is 0 Å². The predicted octanol–water partition coefficient (Wildman–Crippen LogP) is 3.82. The SMILES string of the molecule is C[C@]12CC=C(OCc3ccc([N+](=O)[O-])cc3)[C@@]1(C)C2. The zero-order chi connectivity index (χ0) is 13.7. The lowest BCUT2D eigenvalue weighted by Crippen LogP contribution is -2.06. The van der Waals surface area contributed by atoms with E-state index in [0.717, 1.165) is 17.7 Å². The van der Waals surface area contributed by atoms with Crippen LogP contribution in [0.15, 0.2) is 36.1 Å². The summed E-state index contributed by atoms with van der Waals surface area (Å²) in [5.41, 5.74) is 1.70. The average molecular weight is 259 g/mol. The topological polar surface area (TPSA) is 52.4 Å². The van der Waals surface area contributed by atoms with E-state index in [0.29, 0.717) is 12.0 Å². The molecule has 4 heteroatoms. The number of hydrogen-bond acceptors (Lipinski definition) is 3. The summed E-state index contributed by atoms with van der Waals surface area (Å²) in [4.78, 5) is 10.2. The van der Waals surface area contributed by atoms with Gasteiger partial charge in [-0.25, -0.2) is 0 Å². The van der Waals surface area contributed by atoms with Crippen molar-refractivity contribution in [2.75, 3.05) is 0 Å². The highest BCUT2D eigenvalue weighted by atomic mass is 16.6. The van der Waals surface area contributed by atoms with E-state index in [1.54, 1.807) is 12.1 Å². The molecule has 0 heterocycles. The molecule has 1 aromatic rings. The van der Waals surface area contributed by atoms with Crippen molar-refractivity contribution < 1.29 is 9.66 Å². The van der Waals surface area contributed by atoms with Crippen LogP contribution in [-0.4, -0.2) is 4.92 Å². The van der Waals surface area contributed by atoms with Crippen molar-refractivity contribution >= 4 is 5.69 Å². The molecule has 3 rings (SSSR count). The van der Waals surface area contributed by atoms with Crippen molar-refractivity contribution in [2.24, 2.45) is 10.8 Å². The lowest BCUT2D eigenvalue weighted by Gasteiger charge is -2.15. The van der Waals surface area contributed by atoms with E-state index in [4.69, 9.17) is 4.74 Å². The minimum atomic E-state index is -0.388. The second-order valence-electron chi connectivity index (χ2n) is 6.05. The minimum Gasteiger partial charge on any atom is -0.493 e. The van der Waals surface area contributed by atoms with Crippen LogP contribution in [0.2, 0.25) is 0 Å². The molecule has 0 aliphatic heterocycles. The Labute approximate surface area is 112 Å². The first kappa shape index (κ1) is 12.2. The number of fused-ring (bicyclic) bond motifs is 1. The summed E-state index contributed by atoms with van der Waals surface area (Å²) in [6.45, 7) is 5.03. The lowest BCUT2D eigenvalue weighted by atomic mass is 9.99.